The van der Waals surface area contributed by atoms with Crippen molar-refractivity contribution in [3.63, 3.8) is 0 Å². The van der Waals surface area contributed by atoms with Crippen LogP contribution in [0.4, 0.5) is 5.82 Å². The van der Waals surface area contributed by atoms with Gasteiger partial charge in [0.25, 0.3) is 5.56 Å². The number of cyclic esters (lactones) is 1. The molecule has 0 saturated carbocycles. The first-order valence-corrected chi connectivity index (χ1v) is 9.26. The van der Waals surface area contributed by atoms with E-state index < -0.39 is 23.1 Å². The van der Waals surface area contributed by atoms with Crippen LogP contribution in [0.5, 0.6) is 11.5 Å². The third-order valence-electron chi connectivity index (χ3n) is 5.17. The van der Waals surface area contributed by atoms with Gasteiger partial charge in [-0.25, -0.2) is 9.59 Å². The van der Waals surface area contributed by atoms with Crippen LogP contribution in [0.25, 0.3) is 0 Å². The topological polar surface area (TPSA) is 112 Å². The highest BCUT2D eigenvalue weighted by molar-refractivity contribution is 5.97. The first-order valence-electron chi connectivity index (χ1n) is 9.26. The Hall–Kier alpha value is -3.49. The van der Waals surface area contributed by atoms with E-state index in [2.05, 4.69) is 10.3 Å². The zero-order valence-corrected chi connectivity index (χ0v) is 16.3. The number of anilines is 1. The van der Waals surface area contributed by atoms with Crippen LogP contribution in [0.1, 0.15) is 30.4 Å². The minimum Gasteiger partial charge on any atom is -0.493 e. The number of fused-ring (bicyclic) bond motifs is 1. The maximum Gasteiger partial charge on any atom is 0.337 e. The molecule has 2 aromatic rings. The first-order chi connectivity index (χ1) is 14.0. The van der Waals surface area contributed by atoms with Crippen molar-refractivity contribution >= 4 is 11.8 Å². The molecule has 0 bridgehead atoms. The Bertz CT molecular complexity index is 1140. The van der Waals surface area contributed by atoms with E-state index >= 15 is 0 Å². The lowest BCUT2D eigenvalue weighted by atomic mass is 9.82. The summed E-state index contributed by atoms with van der Waals surface area (Å²) in [6.45, 7) is 2.38. The van der Waals surface area contributed by atoms with Crippen molar-refractivity contribution in [1.82, 2.24) is 9.55 Å². The number of esters is 1. The summed E-state index contributed by atoms with van der Waals surface area (Å²) in [4.78, 5) is 40.3. The van der Waals surface area contributed by atoms with Crippen LogP contribution in [0.3, 0.4) is 0 Å². The van der Waals surface area contributed by atoms with Gasteiger partial charge in [-0.05, 0) is 12.5 Å². The van der Waals surface area contributed by atoms with E-state index in [9.17, 15) is 14.4 Å². The van der Waals surface area contributed by atoms with E-state index in [4.69, 9.17) is 14.2 Å². The van der Waals surface area contributed by atoms with E-state index in [0.29, 0.717) is 47.1 Å². The Labute approximate surface area is 165 Å². The SMILES string of the molecule is CCCn1c2c(c(=O)[nH]c1=O)[C@@H](c1cccc(OC)c1OC)C1=C(COC1=O)N2. The van der Waals surface area contributed by atoms with E-state index in [0.717, 1.165) is 0 Å². The number of nitrogens with one attached hydrogen (secondary N) is 2. The van der Waals surface area contributed by atoms with Gasteiger partial charge in [0.05, 0.1) is 37.0 Å². The molecule has 2 N–H and O–H groups in total. The number of ether oxygens (including phenoxy) is 3. The average Bonchev–Trinajstić information content (AvgIpc) is 3.09. The maximum absolute atomic E-state index is 12.9. The first kappa shape index (κ1) is 18.9. The number of benzene rings is 1. The molecule has 0 saturated heterocycles. The number of hydrogen-bond acceptors (Lipinski definition) is 7. The largest absolute Gasteiger partial charge is 0.493 e. The molecule has 0 spiro atoms. The standard InChI is InChI=1S/C20H21N3O6/c1-4-8-23-17-15(18(24)22-20(23)26)13(14-11(21-17)9-29-19(14)25)10-6-5-7-12(27-2)16(10)28-3/h5-7,13,21H,4,8-9H2,1-3H3,(H,22,24,26)/t13-/m0/s1. The molecule has 0 aliphatic carbocycles. The number of aromatic amines is 1. The highest BCUT2D eigenvalue weighted by Crippen LogP contribution is 2.47. The van der Waals surface area contributed by atoms with Crippen LogP contribution in [0.15, 0.2) is 39.1 Å². The molecule has 1 aromatic heterocycles. The van der Waals surface area contributed by atoms with Crippen LogP contribution < -0.4 is 26.0 Å². The number of rotatable bonds is 5. The molecule has 9 heteroatoms. The van der Waals surface area contributed by atoms with Crippen molar-refractivity contribution < 1.29 is 19.0 Å². The van der Waals surface area contributed by atoms with Gasteiger partial charge in [-0.2, -0.15) is 0 Å². The van der Waals surface area contributed by atoms with Gasteiger partial charge < -0.3 is 19.5 Å². The quantitative estimate of drug-likeness (QED) is 0.730. The molecule has 1 atom stereocenters. The molecule has 1 aromatic carbocycles. The van der Waals surface area contributed by atoms with Crippen LogP contribution >= 0.6 is 0 Å². The molecule has 0 fully saturated rings. The summed E-state index contributed by atoms with van der Waals surface area (Å²) in [6.07, 6.45) is 0.689. The normalized spacial score (nSPS) is 17.3. The van der Waals surface area contributed by atoms with Gasteiger partial charge >= 0.3 is 11.7 Å². The van der Waals surface area contributed by atoms with E-state index in [1.165, 1.54) is 18.8 Å². The van der Waals surface area contributed by atoms with Crippen molar-refractivity contribution in [1.29, 1.82) is 0 Å². The number of carbonyl (C=O) groups excluding carboxylic acids is 1. The average molecular weight is 399 g/mol. The lowest BCUT2D eigenvalue weighted by molar-refractivity contribution is -0.136. The number of para-hydroxylation sites is 1. The zero-order valence-electron chi connectivity index (χ0n) is 16.3. The molecule has 2 aliphatic rings. The second-order valence-corrected chi connectivity index (χ2v) is 6.78. The van der Waals surface area contributed by atoms with E-state index in [1.54, 1.807) is 18.2 Å². The third kappa shape index (κ3) is 2.81. The molecule has 0 amide bonds. The van der Waals surface area contributed by atoms with Gasteiger partial charge in [-0.3, -0.25) is 14.3 Å². The summed E-state index contributed by atoms with van der Waals surface area (Å²) < 4.78 is 17.7. The molecule has 2 aliphatic heterocycles. The Balaban J connectivity index is 2.07. The van der Waals surface area contributed by atoms with Crippen molar-refractivity contribution in [3.05, 3.63) is 61.4 Å². The number of nitrogens with zero attached hydrogens (tertiary/aromatic N) is 1. The molecular weight excluding hydrogens is 378 g/mol. The predicted molar refractivity (Wildman–Crippen MR) is 105 cm³/mol. The molecule has 0 radical (unpaired) electrons. The third-order valence-corrected chi connectivity index (χ3v) is 5.17. The van der Waals surface area contributed by atoms with Crippen LogP contribution in [0.2, 0.25) is 0 Å². The van der Waals surface area contributed by atoms with Gasteiger partial charge in [0.15, 0.2) is 11.5 Å². The van der Waals surface area contributed by atoms with Crippen LogP contribution in [-0.2, 0) is 16.1 Å². The molecule has 29 heavy (non-hydrogen) atoms. The lowest BCUT2D eigenvalue weighted by Crippen LogP contribution is -2.38. The highest BCUT2D eigenvalue weighted by Gasteiger charge is 2.42. The molecule has 9 nitrogen and oxygen atoms in total. The predicted octanol–water partition coefficient (Wildman–Crippen LogP) is 1.33. The van der Waals surface area contributed by atoms with Crippen molar-refractivity contribution in [3.8, 4) is 11.5 Å². The molecule has 4 rings (SSSR count). The minimum atomic E-state index is -0.770. The fraction of sp³-hybridized carbons (Fsp3) is 0.350. The smallest absolute Gasteiger partial charge is 0.337 e. The van der Waals surface area contributed by atoms with Crippen molar-refractivity contribution in [2.24, 2.45) is 0 Å². The summed E-state index contributed by atoms with van der Waals surface area (Å²) in [5, 5.41) is 3.09. The van der Waals surface area contributed by atoms with Crippen LogP contribution in [0, 0.1) is 0 Å². The fourth-order valence-electron chi connectivity index (χ4n) is 3.98. The Morgan fingerprint density at radius 1 is 1.21 bits per heavy atom. The maximum atomic E-state index is 12.9. The highest BCUT2D eigenvalue weighted by atomic mass is 16.5. The Morgan fingerprint density at radius 3 is 2.69 bits per heavy atom. The van der Waals surface area contributed by atoms with Gasteiger partial charge in [0, 0.05) is 12.1 Å². The van der Waals surface area contributed by atoms with Gasteiger partial charge in [0.1, 0.15) is 12.4 Å². The Kier molecular flexibility index (Phi) is 4.65. The molecule has 3 heterocycles. The zero-order chi connectivity index (χ0) is 20.7. The van der Waals surface area contributed by atoms with Gasteiger partial charge in [0.2, 0.25) is 0 Å². The summed E-state index contributed by atoms with van der Waals surface area (Å²) in [7, 11) is 3.01. The van der Waals surface area contributed by atoms with Gasteiger partial charge in [-0.1, -0.05) is 19.1 Å². The molecule has 0 unspecified atom stereocenters. The number of methoxy groups -OCH3 is 2. The van der Waals surface area contributed by atoms with E-state index in [1.807, 2.05) is 6.92 Å². The summed E-state index contributed by atoms with van der Waals surface area (Å²) >= 11 is 0. The second-order valence-electron chi connectivity index (χ2n) is 6.78. The summed E-state index contributed by atoms with van der Waals surface area (Å²) in [6, 6.07) is 5.26. The van der Waals surface area contributed by atoms with Gasteiger partial charge in [-0.15, -0.1) is 0 Å². The second kappa shape index (κ2) is 7.16. The molecule has 152 valence electrons. The number of aromatic nitrogens is 2. The van der Waals surface area contributed by atoms with Crippen LogP contribution in [-0.4, -0.2) is 36.3 Å². The lowest BCUT2D eigenvalue weighted by Gasteiger charge is -2.29. The number of carbonyl (C=O) groups is 1. The minimum absolute atomic E-state index is 0.0451. The van der Waals surface area contributed by atoms with Crippen molar-refractivity contribution in [2.45, 2.75) is 25.8 Å². The summed E-state index contributed by atoms with van der Waals surface area (Å²) in [5.41, 5.74) is 0.638. The summed E-state index contributed by atoms with van der Waals surface area (Å²) in [5.74, 6) is -0.0362. The van der Waals surface area contributed by atoms with E-state index in [-0.39, 0.29) is 12.2 Å². The monoisotopic (exact) mass is 399 g/mol. The number of H-pyrrole nitrogens is 1. The van der Waals surface area contributed by atoms with Crippen molar-refractivity contribution in [2.75, 3.05) is 26.1 Å². The molecular formula is C20H21N3O6. The number of hydrogen-bond donors (Lipinski definition) is 2. The fourth-order valence-corrected chi connectivity index (χ4v) is 3.98. The Morgan fingerprint density at radius 2 is 2.00 bits per heavy atom.